The van der Waals surface area contributed by atoms with Gasteiger partial charge in [0.1, 0.15) is 5.15 Å². The molecule has 1 aliphatic rings. The number of aromatic nitrogens is 3. The largest absolute Gasteiger partial charge is 0.272 e. The lowest BCUT2D eigenvalue weighted by Gasteiger charge is -2.10. The molecule has 2 aromatic heterocycles. The van der Waals surface area contributed by atoms with E-state index >= 15 is 0 Å². The molecule has 0 saturated heterocycles. The molecule has 1 unspecified atom stereocenters. The van der Waals surface area contributed by atoms with E-state index in [1.807, 2.05) is 25.3 Å². The molecule has 0 radical (unpaired) electrons. The summed E-state index contributed by atoms with van der Waals surface area (Å²) in [6.45, 7) is 2.39. The first-order valence-corrected chi connectivity index (χ1v) is 7.34. The Balaban J connectivity index is 1.75. The van der Waals surface area contributed by atoms with Gasteiger partial charge in [-0.05, 0) is 31.4 Å². The highest BCUT2D eigenvalue weighted by atomic mass is 35.5. The van der Waals surface area contributed by atoms with E-state index in [1.165, 1.54) is 0 Å². The summed E-state index contributed by atoms with van der Waals surface area (Å²) in [5, 5.41) is 4.69. The Morgan fingerprint density at radius 1 is 1.43 bits per heavy atom. The van der Waals surface area contributed by atoms with E-state index in [4.69, 9.17) is 11.6 Å². The molecule has 2 aromatic rings. The lowest BCUT2D eigenvalue weighted by molar-refractivity contribution is 0.00423. The Morgan fingerprint density at radius 3 is 2.90 bits per heavy atom. The van der Waals surface area contributed by atoms with Crippen LogP contribution >= 0.6 is 11.6 Å². The van der Waals surface area contributed by atoms with Crippen LogP contribution < -0.4 is 0 Å². The molecule has 0 spiro atoms. The molecule has 1 atom stereocenters. The Labute approximate surface area is 126 Å². The van der Waals surface area contributed by atoms with Crippen molar-refractivity contribution in [3.05, 3.63) is 35.4 Å². The van der Waals surface area contributed by atoms with Crippen molar-refractivity contribution in [2.75, 3.05) is 0 Å². The molecule has 1 fully saturated rings. The van der Waals surface area contributed by atoms with Gasteiger partial charge in [0.2, 0.25) is 5.92 Å². The van der Waals surface area contributed by atoms with E-state index in [2.05, 4.69) is 10.1 Å². The monoisotopic (exact) mass is 311 g/mol. The SMILES string of the molecule is Cc1ccc(-c2cnn(CC3CCC(F)(F)C3)c2)c(Cl)n1. The molecule has 1 saturated carbocycles. The van der Waals surface area contributed by atoms with Crippen molar-refractivity contribution in [1.82, 2.24) is 14.8 Å². The Kier molecular flexibility index (Phi) is 3.69. The highest BCUT2D eigenvalue weighted by molar-refractivity contribution is 6.32. The Hall–Kier alpha value is -1.49. The minimum Gasteiger partial charge on any atom is -0.272 e. The van der Waals surface area contributed by atoms with Crippen molar-refractivity contribution in [3.8, 4) is 11.1 Å². The van der Waals surface area contributed by atoms with Crippen molar-refractivity contribution in [1.29, 1.82) is 0 Å². The van der Waals surface area contributed by atoms with Crippen LogP contribution in [0.2, 0.25) is 5.15 Å². The van der Waals surface area contributed by atoms with Gasteiger partial charge in [0.15, 0.2) is 0 Å². The van der Waals surface area contributed by atoms with Crippen LogP contribution in [0.4, 0.5) is 8.78 Å². The fourth-order valence-corrected chi connectivity index (χ4v) is 3.11. The number of pyridine rings is 1. The molecule has 3 rings (SSSR count). The average molecular weight is 312 g/mol. The summed E-state index contributed by atoms with van der Waals surface area (Å²) in [7, 11) is 0. The zero-order chi connectivity index (χ0) is 15.0. The minimum atomic E-state index is -2.51. The molecular weight excluding hydrogens is 296 g/mol. The normalized spacial score (nSPS) is 20.9. The maximum Gasteiger partial charge on any atom is 0.248 e. The first-order valence-electron chi connectivity index (χ1n) is 6.97. The van der Waals surface area contributed by atoms with Gasteiger partial charge in [-0.15, -0.1) is 0 Å². The summed E-state index contributed by atoms with van der Waals surface area (Å²) in [5.74, 6) is -2.52. The molecule has 0 aromatic carbocycles. The lowest BCUT2D eigenvalue weighted by Crippen LogP contribution is -2.13. The molecule has 6 heteroatoms. The van der Waals surface area contributed by atoms with Gasteiger partial charge in [-0.2, -0.15) is 5.10 Å². The number of alkyl halides is 2. The van der Waals surface area contributed by atoms with Crippen molar-refractivity contribution >= 4 is 11.6 Å². The van der Waals surface area contributed by atoms with Gasteiger partial charge in [0.05, 0.1) is 6.20 Å². The molecule has 0 N–H and O–H groups in total. The number of hydrogen-bond donors (Lipinski definition) is 0. The maximum absolute atomic E-state index is 13.2. The predicted octanol–water partition coefficient (Wildman–Crippen LogP) is 4.34. The standard InChI is InChI=1S/C15H16ClF2N3/c1-10-2-3-13(14(16)20-10)12-7-19-21(9-12)8-11-4-5-15(17,18)6-11/h2-3,7,9,11H,4-6,8H2,1H3. The van der Waals surface area contributed by atoms with E-state index < -0.39 is 5.92 Å². The fourth-order valence-electron chi connectivity index (χ4n) is 2.80. The second-order valence-electron chi connectivity index (χ2n) is 5.71. The number of aryl methyl sites for hydroxylation is 1. The van der Waals surface area contributed by atoms with E-state index in [0.29, 0.717) is 18.1 Å². The summed E-state index contributed by atoms with van der Waals surface area (Å²) in [5.41, 5.74) is 2.52. The molecule has 2 heterocycles. The number of hydrogen-bond acceptors (Lipinski definition) is 2. The van der Waals surface area contributed by atoms with Gasteiger partial charge >= 0.3 is 0 Å². The maximum atomic E-state index is 13.2. The molecule has 3 nitrogen and oxygen atoms in total. The average Bonchev–Trinajstić information content (AvgIpc) is 2.97. The highest BCUT2D eigenvalue weighted by Crippen LogP contribution is 2.39. The second-order valence-corrected chi connectivity index (χ2v) is 6.06. The van der Waals surface area contributed by atoms with Gasteiger partial charge in [-0.25, -0.2) is 13.8 Å². The Bertz CT molecular complexity index is 654. The van der Waals surface area contributed by atoms with Gasteiger partial charge in [-0.3, -0.25) is 4.68 Å². The minimum absolute atomic E-state index is 0.0144. The molecule has 0 aliphatic heterocycles. The quantitative estimate of drug-likeness (QED) is 0.789. The van der Waals surface area contributed by atoms with E-state index in [-0.39, 0.29) is 18.8 Å². The highest BCUT2D eigenvalue weighted by Gasteiger charge is 2.39. The van der Waals surface area contributed by atoms with Crippen LogP contribution in [0, 0.1) is 12.8 Å². The third-order valence-corrected chi connectivity index (χ3v) is 4.17. The number of nitrogens with zero attached hydrogens (tertiary/aromatic N) is 3. The molecule has 0 bridgehead atoms. The van der Waals surface area contributed by atoms with Gasteiger partial charge in [0.25, 0.3) is 0 Å². The number of rotatable bonds is 3. The van der Waals surface area contributed by atoms with Crippen molar-refractivity contribution in [3.63, 3.8) is 0 Å². The van der Waals surface area contributed by atoms with Crippen LogP contribution in [-0.2, 0) is 6.54 Å². The molecule has 21 heavy (non-hydrogen) atoms. The van der Waals surface area contributed by atoms with Crippen LogP contribution in [0.15, 0.2) is 24.5 Å². The summed E-state index contributed by atoms with van der Waals surface area (Å²) in [6.07, 6.45) is 4.03. The third kappa shape index (κ3) is 3.23. The Morgan fingerprint density at radius 2 is 2.24 bits per heavy atom. The van der Waals surface area contributed by atoms with Crippen LogP contribution in [0.25, 0.3) is 11.1 Å². The van der Waals surface area contributed by atoms with Crippen LogP contribution in [-0.4, -0.2) is 20.7 Å². The lowest BCUT2D eigenvalue weighted by atomic mass is 10.1. The molecule has 112 valence electrons. The number of halogens is 3. The van der Waals surface area contributed by atoms with Crippen LogP contribution in [0.1, 0.15) is 25.0 Å². The smallest absolute Gasteiger partial charge is 0.248 e. The summed E-state index contributed by atoms with van der Waals surface area (Å²) in [4.78, 5) is 4.21. The van der Waals surface area contributed by atoms with E-state index in [9.17, 15) is 8.78 Å². The van der Waals surface area contributed by atoms with Gasteiger partial charge in [-0.1, -0.05) is 11.6 Å². The topological polar surface area (TPSA) is 30.7 Å². The molecule has 1 aliphatic carbocycles. The first kappa shape index (κ1) is 14.4. The van der Waals surface area contributed by atoms with E-state index in [1.54, 1.807) is 10.9 Å². The zero-order valence-electron chi connectivity index (χ0n) is 11.7. The molecular formula is C15H16ClF2N3. The van der Waals surface area contributed by atoms with Crippen LogP contribution in [0.3, 0.4) is 0 Å². The summed E-state index contributed by atoms with van der Waals surface area (Å²) >= 11 is 6.13. The third-order valence-electron chi connectivity index (χ3n) is 3.88. The van der Waals surface area contributed by atoms with Crippen molar-refractivity contribution in [2.24, 2.45) is 5.92 Å². The van der Waals surface area contributed by atoms with E-state index in [0.717, 1.165) is 16.8 Å². The van der Waals surface area contributed by atoms with Gasteiger partial charge < -0.3 is 0 Å². The second kappa shape index (κ2) is 5.37. The zero-order valence-corrected chi connectivity index (χ0v) is 12.4. The first-order chi connectivity index (χ1) is 9.93. The van der Waals surface area contributed by atoms with Gasteiger partial charge in [0, 0.05) is 42.4 Å². The van der Waals surface area contributed by atoms with Crippen molar-refractivity contribution < 1.29 is 8.78 Å². The van der Waals surface area contributed by atoms with Crippen molar-refractivity contribution in [2.45, 2.75) is 38.7 Å². The van der Waals surface area contributed by atoms with Crippen LogP contribution in [0.5, 0.6) is 0 Å². The summed E-state index contributed by atoms with van der Waals surface area (Å²) < 4.78 is 28.1. The molecule has 0 amide bonds. The fraction of sp³-hybridized carbons (Fsp3) is 0.467. The summed E-state index contributed by atoms with van der Waals surface area (Å²) in [6, 6.07) is 3.78. The predicted molar refractivity (Wildman–Crippen MR) is 77.5 cm³/mol.